The fourth-order valence-electron chi connectivity index (χ4n) is 5.28. The Hall–Kier alpha value is -3.18. The van der Waals surface area contributed by atoms with Crippen molar-refractivity contribution in [2.75, 3.05) is 57.8 Å². The van der Waals surface area contributed by atoms with Gasteiger partial charge in [0.05, 0.1) is 61.3 Å². The molecule has 0 amide bonds. The van der Waals surface area contributed by atoms with Crippen LogP contribution in [0.2, 0.25) is 10.0 Å². The lowest BCUT2D eigenvalue weighted by Crippen LogP contribution is -2.61. The lowest BCUT2D eigenvalue weighted by molar-refractivity contribution is -0.116. The summed E-state index contributed by atoms with van der Waals surface area (Å²) in [5.74, 6) is 1.99. The number of ketones is 1. The molecule has 0 aliphatic carbocycles. The number of nitrogens with one attached hydrogen (secondary N) is 1. The number of anilines is 2. The van der Waals surface area contributed by atoms with E-state index in [4.69, 9.17) is 52.1 Å². The van der Waals surface area contributed by atoms with Crippen LogP contribution in [-0.2, 0) is 14.3 Å². The minimum Gasteiger partial charge on any atom is -0.495 e. The number of benzene rings is 1. The van der Waals surface area contributed by atoms with Crippen LogP contribution in [0.1, 0.15) is 19.8 Å². The summed E-state index contributed by atoms with van der Waals surface area (Å²) in [5, 5.41) is 4.78. The molecule has 1 aromatic carbocycles. The van der Waals surface area contributed by atoms with Gasteiger partial charge in [0.15, 0.2) is 11.6 Å². The third-order valence-corrected chi connectivity index (χ3v) is 8.48. The maximum absolute atomic E-state index is 12.1. The molecule has 0 radical (unpaired) electrons. The number of methoxy groups -OCH3 is 3. The summed E-state index contributed by atoms with van der Waals surface area (Å²) in [4.78, 5) is 28.7. The zero-order valence-corrected chi connectivity index (χ0v) is 25.0. The Kier molecular flexibility index (Phi) is 8.56. The molecule has 12 heteroatoms. The maximum Gasteiger partial charge on any atom is 0.223 e. The number of ether oxygens (including phenoxy) is 4. The Morgan fingerprint density at radius 2 is 1.90 bits per heavy atom. The largest absolute Gasteiger partial charge is 0.495 e. The van der Waals surface area contributed by atoms with Crippen molar-refractivity contribution in [3.8, 4) is 22.8 Å². The number of pyridine rings is 1. The first-order chi connectivity index (χ1) is 19.7. The SMILES string of the molecule is C=CC(=O)C[C@H]1CCOC[C@H]1Nc1ncc2cc(-c3c(Cl)c(OC)cc(OC)c3Cl)nc(N3CC(C)(OC)C3)c2n1. The van der Waals surface area contributed by atoms with Gasteiger partial charge in [-0.05, 0) is 31.4 Å². The van der Waals surface area contributed by atoms with E-state index in [1.54, 1.807) is 19.4 Å². The van der Waals surface area contributed by atoms with Gasteiger partial charge in [-0.15, -0.1) is 0 Å². The number of fused-ring (bicyclic) bond motifs is 1. The molecule has 0 spiro atoms. The van der Waals surface area contributed by atoms with E-state index in [0.717, 1.165) is 11.8 Å². The highest BCUT2D eigenvalue weighted by molar-refractivity contribution is 6.41. The minimum atomic E-state index is -0.309. The Labute approximate surface area is 248 Å². The molecule has 2 aliphatic heterocycles. The van der Waals surface area contributed by atoms with Gasteiger partial charge in [0.2, 0.25) is 5.95 Å². The van der Waals surface area contributed by atoms with Crippen LogP contribution in [0.3, 0.4) is 0 Å². The van der Waals surface area contributed by atoms with Gasteiger partial charge in [0.25, 0.3) is 0 Å². The summed E-state index contributed by atoms with van der Waals surface area (Å²) in [6.07, 6.45) is 4.26. The molecule has 2 aliphatic rings. The molecule has 2 atom stereocenters. The third-order valence-electron chi connectivity index (χ3n) is 7.73. The molecule has 218 valence electrons. The highest BCUT2D eigenvalue weighted by Crippen LogP contribution is 2.47. The first-order valence-electron chi connectivity index (χ1n) is 13.3. The highest BCUT2D eigenvalue weighted by atomic mass is 35.5. The zero-order chi connectivity index (χ0) is 29.3. The van der Waals surface area contributed by atoms with Crippen molar-refractivity contribution in [1.29, 1.82) is 0 Å². The van der Waals surface area contributed by atoms with Crippen LogP contribution >= 0.6 is 23.2 Å². The summed E-state index contributed by atoms with van der Waals surface area (Å²) >= 11 is 13.5. The summed E-state index contributed by atoms with van der Waals surface area (Å²) in [6.45, 7) is 7.95. The fourth-order valence-corrected chi connectivity index (χ4v) is 5.98. The van der Waals surface area contributed by atoms with Crippen LogP contribution < -0.4 is 19.7 Å². The van der Waals surface area contributed by atoms with Gasteiger partial charge in [-0.3, -0.25) is 4.79 Å². The van der Waals surface area contributed by atoms with Gasteiger partial charge in [0, 0.05) is 43.4 Å². The van der Waals surface area contributed by atoms with Gasteiger partial charge < -0.3 is 29.2 Å². The van der Waals surface area contributed by atoms with E-state index in [-0.39, 0.29) is 23.3 Å². The topological polar surface area (TPSA) is 108 Å². The quantitative estimate of drug-likeness (QED) is 0.311. The van der Waals surface area contributed by atoms with Crippen molar-refractivity contribution in [2.24, 2.45) is 5.92 Å². The number of nitrogens with zero attached hydrogens (tertiary/aromatic N) is 4. The molecule has 3 aromatic rings. The summed E-state index contributed by atoms with van der Waals surface area (Å²) in [5.41, 5.74) is 1.36. The average molecular weight is 603 g/mol. The second kappa shape index (κ2) is 12.0. The van der Waals surface area contributed by atoms with E-state index in [9.17, 15) is 4.79 Å². The monoisotopic (exact) mass is 601 g/mol. The number of allylic oxidation sites excluding steroid dienone is 1. The van der Waals surface area contributed by atoms with Crippen LogP contribution in [0.25, 0.3) is 22.2 Å². The summed E-state index contributed by atoms with van der Waals surface area (Å²) in [7, 11) is 4.76. The normalized spacial score (nSPS) is 19.9. The van der Waals surface area contributed by atoms with Crippen LogP contribution in [0.15, 0.2) is 31.0 Å². The molecule has 10 nitrogen and oxygen atoms in total. The number of carbonyl (C=O) groups excluding carboxylic acids is 1. The lowest BCUT2D eigenvalue weighted by atomic mass is 9.90. The third kappa shape index (κ3) is 5.79. The van der Waals surface area contributed by atoms with Crippen molar-refractivity contribution in [2.45, 2.75) is 31.4 Å². The van der Waals surface area contributed by atoms with Gasteiger partial charge in [-0.2, -0.15) is 0 Å². The predicted octanol–water partition coefficient (Wildman–Crippen LogP) is 5.20. The first-order valence-corrected chi connectivity index (χ1v) is 14.0. The molecule has 41 heavy (non-hydrogen) atoms. The first kappa shape index (κ1) is 29.3. The average Bonchev–Trinajstić information content (AvgIpc) is 2.96. The molecular weight excluding hydrogens is 569 g/mol. The van der Waals surface area contributed by atoms with Crippen LogP contribution in [-0.4, -0.2) is 80.0 Å². The maximum atomic E-state index is 12.1. The number of hydrogen-bond donors (Lipinski definition) is 1. The standard InChI is InChI=1S/C29H33Cl2N5O5/c1-6-18(37)9-16-7-8-41-13-20(16)34-28-32-12-17-10-19(23-24(30)21(38-3)11-22(39-4)25(23)31)33-27(26(17)35-28)36-14-29(2,15-36)40-5/h6,10-12,16,20H,1,7-9,13-15H2,2-5H3,(H,32,34,35)/t16-,20-/m1/s1. The Morgan fingerprint density at radius 1 is 1.20 bits per heavy atom. The molecule has 2 aromatic heterocycles. The highest BCUT2D eigenvalue weighted by Gasteiger charge is 2.41. The van der Waals surface area contributed by atoms with E-state index in [1.165, 1.54) is 20.3 Å². The van der Waals surface area contributed by atoms with Gasteiger partial charge in [-0.1, -0.05) is 29.8 Å². The predicted molar refractivity (Wildman–Crippen MR) is 160 cm³/mol. The molecule has 0 saturated carbocycles. The number of hydrogen-bond acceptors (Lipinski definition) is 10. The second-order valence-electron chi connectivity index (χ2n) is 10.5. The van der Waals surface area contributed by atoms with E-state index >= 15 is 0 Å². The van der Waals surface area contributed by atoms with Gasteiger partial charge in [-0.25, -0.2) is 15.0 Å². The van der Waals surface area contributed by atoms with Crippen molar-refractivity contribution in [3.05, 3.63) is 41.0 Å². The van der Waals surface area contributed by atoms with Gasteiger partial charge >= 0.3 is 0 Å². The van der Waals surface area contributed by atoms with Crippen molar-refractivity contribution >= 4 is 51.7 Å². The molecule has 0 unspecified atom stereocenters. The summed E-state index contributed by atoms with van der Waals surface area (Å²) < 4.78 is 22.3. The van der Waals surface area contributed by atoms with E-state index in [2.05, 4.69) is 21.8 Å². The van der Waals surface area contributed by atoms with Crippen molar-refractivity contribution in [3.63, 3.8) is 0 Å². The Morgan fingerprint density at radius 3 is 2.54 bits per heavy atom. The molecule has 2 fully saturated rings. The summed E-state index contributed by atoms with van der Waals surface area (Å²) in [6, 6.07) is 3.36. The smallest absolute Gasteiger partial charge is 0.223 e. The number of carbonyl (C=O) groups is 1. The minimum absolute atomic E-state index is 0.00705. The van der Waals surface area contributed by atoms with E-state index in [1.807, 2.05) is 13.0 Å². The number of halogens is 2. The van der Waals surface area contributed by atoms with E-state index in [0.29, 0.717) is 82.8 Å². The number of rotatable bonds is 10. The molecular formula is C29H33Cl2N5O5. The van der Waals surface area contributed by atoms with Crippen LogP contribution in [0.4, 0.5) is 11.8 Å². The Bertz CT molecular complexity index is 1450. The lowest BCUT2D eigenvalue weighted by Gasteiger charge is -2.47. The van der Waals surface area contributed by atoms with Crippen LogP contribution in [0, 0.1) is 5.92 Å². The van der Waals surface area contributed by atoms with Crippen molar-refractivity contribution in [1.82, 2.24) is 15.0 Å². The molecule has 4 heterocycles. The van der Waals surface area contributed by atoms with E-state index < -0.39 is 0 Å². The number of aromatic nitrogens is 3. The fraction of sp³-hybridized carbons (Fsp3) is 0.448. The molecule has 2 saturated heterocycles. The second-order valence-corrected chi connectivity index (χ2v) is 11.3. The zero-order valence-electron chi connectivity index (χ0n) is 23.5. The molecule has 5 rings (SSSR count). The van der Waals surface area contributed by atoms with Crippen molar-refractivity contribution < 1.29 is 23.7 Å². The molecule has 0 bridgehead atoms. The van der Waals surface area contributed by atoms with Gasteiger partial charge in [0.1, 0.15) is 17.0 Å². The Balaban J connectivity index is 1.58. The molecule has 1 N–H and O–H groups in total. The van der Waals surface area contributed by atoms with Crippen LogP contribution in [0.5, 0.6) is 11.5 Å².